The third kappa shape index (κ3) is 4.91. The largest absolute Gasteiger partial charge is 0.370 e. The molecule has 0 aromatic heterocycles. The highest BCUT2D eigenvalue weighted by molar-refractivity contribution is 5.47. The Balaban J connectivity index is 2.01. The summed E-state index contributed by atoms with van der Waals surface area (Å²) in [6.07, 6.45) is 1.11. The van der Waals surface area contributed by atoms with Crippen LogP contribution in [0.2, 0.25) is 0 Å². The van der Waals surface area contributed by atoms with Gasteiger partial charge >= 0.3 is 0 Å². The lowest BCUT2D eigenvalue weighted by Crippen LogP contribution is -2.17. The van der Waals surface area contributed by atoms with Crippen LogP contribution in [0.25, 0.3) is 0 Å². The Kier molecular flexibility index (Phi) is 5.40. The first-order valence-electron chi connectivity index (χ1n) is 7.55. The summed E-state index contributed by atoms with van der Waals surface area (Å²) in [4.78, 5) is 4.52. The average Bonchev–Trinajstić information content (AvgIpc) is 2.46. The van der Waals surface area contributed by atoms with Gasteiger partial charge in [-0.1, -0.05) is 42.0 Å². The number of aryl methyl sites for hydroxylation is 1. The Hall–Kier alpha value is -1.80. The van der Waals surface area contributed by atoms with Crippen LogP contribution in [0.1, 0.15) is 16.7 Å². The van der Waals surface area contributed by atoms with E-state index < -0.39 is 0 Å². The van der Waals surface area contributed by atoms with Crippen molar-refractivity contribution in [3.05, 3.63) is 65.2 Å². The van der Waals surface area contributed by atoms with Crippen molar-refractivity contribution in [2.45, 2.75) is 19.9 Å². The van der Waals surface area contributed by atoms with Gasteiger partial charge in [-0.2, -0.15) is 0 Å². The van der Waals surface area contributed by atoms with E-state index in [1.807, 2.05) is 0 Å². The molecule has 0 unspecified atom stereocenters. The fraction of sp³-hybridized carbons (Fsp3) is 0.368. The molecule has 2 aromatic carbocycles. The Morgan fingerprint density at radius 2 is 1.52 bits per heavy atom. The Morgan fingerprint density at radius 1 is 0.857 bits per heavy atom. The minimum Gasteiger partial charge on any atom is -0.370 e. The highest BCUT2D eigenvalue weighted by Crippen LogP contribution is 2.17. The van der Waals surface area contributed by atoms with Gasteiger partial charge in [0.2, 0.25) is 0 Å². The maximum Gasteiger partial charge on any atom is 0.0426 e. The molecule has 2 aromatic rings. The van der Waals surface area contributed by atoms with E-state index in [9.17, 15) is 0 Å². The lowest BCUT2D eigenvalue weighted by Gasteiger charge is -2.20. The van der Waals surface area contributed by atoms with E-state index >= 15 is 0 Å². The first-order chi connectivity index (χ1) is 10.0. The van der Waals surface area contributed by atoms with Crippen LogP contribution in [0.5, 0.6) is 0 Å². The highest BCUT2D eigenvalue weighted by atomic mass is 15.1. The number of benzene rings is 2. The second kappa shape index (κ2) is 7.28. The number of rotatable bonds is 6. The Morgan fingerprint density at radius 3 is 2.19 bits per heavy atom. The van der Waals surface area contributed by atoms with Gasteiger partial charge in [0.15, 0.2) is 0 Å². The molecule has 0 bridgehead atoms. The van der Waals surface area contributed by atoms with Crippen LogP contribution in [-0.2, 0) is 13.0 Å². The van der Waals surface area contributed by atoms with Crippen LogP contribution in [0, 0.1) is 6.92 Å². The summed E-state index contributed by atoms with van der Waals surface area (Å²) in [7, 11) is 6.39. The monoisotopic (exact) mass is 282 g/mol. The SMILES string of the molecule is Cc1ccc(N(C)Cc2cccc(CCN(C)C)c2)cc1. The lowest BCUT2D eigenvalue weighted by atomic mass is 10.1. The molecule has 112 valence electrons. The summed E-state index contributed by atoms with van der Waals surface area (Å²) >= 11 is 0. The first kappa shape index (κ1) is 15.6. The molecule has 0 aliphatic carbocycles. The Bertz CT molecular complexity index is 558. The molecular weight excluding hydrogens is 256 g/mol. The minimum atomic E-state index is 0.943. The van der Waals surface area contributed by atoms with Crippen molar-refractivity contribution in [2.75, 3.05) is 32.6 Å². The zero-order valence-electron chi connectivity index (χ0n) is 13.6. The van der Waals surface area contributed by atoms with Crippen LogP contribution in [-0.4, -0.2) is 32.6 Å². The van der Waals surface area contributed by atoms with Crippen molar-refractivity contribution < 1.29 is 0 Å². The summed E-state index contributed by atoms with van der Waals surface area (Å²) in [5.41, 5.74) is 5.35. The molecule has 2 nitrogen and oxygen atoms in total. The van der Waals surface area contributed by atoms with E-state index in [4.69, 9.17) is 0 Å². The predicted molar refractivity (Wildman–Crippen MR) is 92.0 cm³/mol. The van der Waals surface area contributed by atoms with Crippen LogP contribution in [0.3, 0.4) is 0 Å². The minimum absolute atomic E-state index is 0.943. The van der Waals surface area contributed by atoms with Gasteiger partial charge in [0.1, 0.15) is 0 Å². The second-order valence-electron chi connectivity index (χ2n) is 6.06. The zero-order chi connectivity index (χ0) is 15.2. The topological polar surface area (TPSA) is 6.48 Å². The number of hydrogen-bond donors (Lipinski definition) is 0. The smallest absolute Gasteiger partial charge is 0.0426 e. The molecular formula is C19H26N2. The third-order valence-corrected chi connectivity index (χ3v) is 3.73. The average molecular weight is 282 g/mol. The van der Waals surface area contributed by atoms with Gasteiger partial charge in [0, 0.05) is 25.8 Å². The molecule has 0 heterocycles. The van der Waals surface area contributed by atoms with Gasteiger partial charge in [0.25, 0.3) is 0 Å². The van der Waals surface area contributed by atoms with E-state index in [-0.39, 0.29) is 0 Å². The summed E-state index contributed by atoms with van der Waals surface area (Å²) in [5.74, 6) is 0. The van der Waals surface area contributed by atoms with Crippen molar-refractivity contribution in [3.63, 3.8) is 0 Å². The molecule has 2 rings (SSSR count). The Labute approximate surface area is 129 Å². The molecule has 0 N–H and O–H groups in total. The summed E-state index contributed by atoms with van der Waals surface area (Å²) in [6.45, 7) is 4.16. The third-order valence-electron chi connectivity index (χ3n) is 3.73. The van der Waals surface area contributed by atoms with E-state index in [1.165, 1.54) is 22.4 Å². The molecule has 0 atom stereocenters. The van der Waals surface area contributed by atoms with Crippen molar-refractivity contribution in [2.24, 2.45) is 0 Å². The molecule has 0 spiro atoms. The van der Waals surface area contributed by atoms with E-state index in [0.717, 1.165) is 19.5 Å². The van der Waals surface area contributed by atoms with Crippen LogP contribution in [0.15, 0.2) is 48.5 Å². The predicted octanol–water partition coefficient (Wildman–Crippen LogP) is 3.74. The fourth-order valence-electron chi connectivity index (χ4n) is 2.40. The standard InChI is InChI=1S/C19H26N2/c1-16-8-10-19(11-9-16)21(4)15-18-7-5-6-17(14-18)12-13-20(2)3/h5-11,14H,12-13,15H2,1-4H3. The number of hydrogen-bond acceptors (Lipinski definition) is 2. The molecule has 2 heteroatoms. The molecule has 21 heavy (non-hydrogen) atoms. The number of anilines is 1. The molecule has 0 aliphatic rings. The quantitative estimate of drug-likeness (QED) is 0.796. The number of nitrogens with zero attached hydrogens (tertiary/aromatic N) is 2. The number of likely N-dealkylation sites (N-methyl/N-ethyl adjacent to an activating group) is 1. The normalized spacial score (nSPS) is 10.9. The summed E-state index contributed by atoms with van der Waals surface area (Å²) in [5, 5.41) is 0. The molecule has 0 radical (unpaired) electrons. The molecule has 0 aliphatic heterocycles. The molecule has 0 amide bonds. The molecule has 0 saturated heterocycles. The van der Waals surface area contributed by atoms with Gasteiger partial charge in [-0.25, -0.2) is 0 Å². The van der Waals surface area contributed by atoms with Crippen molar-refractivity contribution in [1.29, 1.82) is 0 Å². The summed E-state index contributed by atoms with van der Waals surface area (Å²) < 4.78 is 0. The maximum absolute atomic E-state index is 2.33. The van der Waals surface area contributed by atoms with E-state index in [1.54, 1.807) is 0 Å². The van der Waals surface area contributed by atoms with Gasteiger partial charge in [0.05, 0.1) is 0 Å². The van der Waals surface area contributed by atoms with Crippen molar-refractivity contribution >= 4 is 5.69 Å². The van der Waals surface area contributed by atoms with E-state index in [2.05, 4.69) is 86.4 Å². The van der Waals surface area contributed by atoms with Gasteiger partial charge in [-0.3, -0.25) is 0 Å². The van der Waals surface area contributed by atoms with Crippen LogP contribution in [0.4, 0.5) is 5.69 Å². The first-order valence-corrected chi connectivity index (χ1v) is 7.55. The van der Waals surface area contributed by atoms with Gasteiger partial charge in [-0.15, -0.1) is 0 Å². The zero-order valence-corrected chi connectivity index (χ0v) is 13.6. The second-order valence-corrected chi connectivity index (χ2v) is 6.06. The van der Waals surface area contributed by atoms with Crippen LogP contribution < -0.4 is 4.90 Å². The van der Waals surface area contributed by atoms with Crippen molar-refractivity contribution in [1.82, 2.24) is 4.90 Å². The maximum atomic E-state index is 2.33. The van der Waals surface area contributed by atoms with E-state index in [0.29, 0.717) is 0 Å². The molecule has 0 fully saturated rings. The van der Waals surface area contributed by atoms with Gasteiger partial charge < -0.3 is 9.80 Å². The van der Waals surface area contributed by atoms with Crippen molar-refractivity contribution in [3.8, 4) is 0 Å². The summed E-state index contributed by atoms with van der Waals surface area (Å²) in [6, 6.07) is 17.6. The lowest BCUT2D eigenvalue weighted by molar-refractivity contribution is 0.413. The highest BCUT2D eigenvalue weighted by Gasteiger charge is 2.03. The fourth-order valence-corrected chi connectivity index (χ4v) is 2.40. The van der Waals surface area contributed by atoms with Gasteiger partial charge in [-0.05, 0) is 50.7 Å². The van der Waals surface area contributed by atoms with Crippen LogP contribution >= 0.6 is 0 Å². The molecule has 0 saturated carbocycles.